The Morgan fingerprint density at radius 3 is 2.74 bits per heavy atom. The highest BCUT2D eigenvalue weighted by Crippen LogP contribution is 2.33. The van der Waals surface area contributed by atoms with E-state index < -0.39 is 5.97 Å². The molecule has 0 spiro atoms. The highest BCUT2D eigenvalue weighted by atomic mass is 32.1. The Bertz CT molecular complexity index is 586. The Hall–Kier alpha value is -1.67. The van der Waals surface area contributed by atoms with Crippen molar-refractivity contribution in [1.29, 1.82) is 0 Å². The fraction of sp³-hybridized carbons (Fsp3) is 0.364. The number of fused-ring (bicyclic) bond motifs is 1. The van der Waals surface area contributed by atoms with Crippen LogP contribution in [-0.2, 0) is 4.79 Å². The molecule has 0 fully saturated rings. The third kappa shape index (κ3) is 3.21. The monoisotopic (exact) mass is 299 g/mol. The molecule has 0 radical (unpaired) electrons. The molecule has 0 aliphatic heterocycles. The summed E-state index contributed by atoms with van der Waals surface area (Å²) in [5.41, 5.74) is 0. The van der Waals surface area contributed by atoms with Crippen molar-refractivity contribution in [1.82, 2.24) is 10.3 Å². The minimum Gasteiger partial charge on any atom is -0.481 e. The number of nitrogens with one attached hydrogen (secondary N) is 1. The molecule has 6 nitrogen and oxygen atoms in total. The Morgan fingerprint density at radius 1 is 1.42 bits per heavy atom. The Balaban J connectivity index is 2.06. The number of carboxylic acid groups (broad SMARTS) is 1. The summed E-state index contributed by atoms with van der Waals surface area (Å²) < 4.78 is 0.970. The maximum Gasteiger partial charge on any atom is 0.305 e. The average molecular weight is 299 g/mol. The summed E-state index contributed by atoms with van der Waals surface area (Å²) in [6.07, 6.45) is -0.0749. The van der Waals surface area contributed by atoms with Crippen molar-refractivity contribution in [2.24, 2.45) is 0 Å². The molecule has 0 unspecified atom stereocenters. The summed E-state index contributed by atoms with van der Waals surface area (Å²) in [5, 5.41) is 12.0. The number of anilines is 1. The second kappa shape index (κ2) is 5.54. The lowest BCUT2D eigenvalue weighted by Gasteiger charge is -2.05. The second-order valence-corrected chi connectivity index (χ2v) is 6.11. The molecule has 0 saturated carbocycles. The van der Waals surface area contributed by atoms with E-state index >= 15 is 0 Å². The first-order valence-corrected chi connectivity index (χ1v) is 7.18. The van der Waals surface area contributed by atoms with E-state index in [1.165, 1.54) is 22.7 Å². The fourth-order valence-corrected chi connectivity index (χ4v) is 3.45. The van der Waals surface area contributed by atoms with E-state index in [1.807, 2.05) is 19.0 Å². The van der Waals surface area contributed by atoms with E-state index in [0.29, 0.717) is 4.88 Å². The first-order valence-electron chi connectivity index (χ1n) is 5.55. The lowest BCUT2D eigenvalue weighted by Crippen LogP contribution is -2.25. The van der Waals surface area contributed by atoms with Crippen molar-refractivity contribution >= 4 is 49.2 Å². The number of thiazole rings is 1. The van der Waals surface area contributed by atoms with Crippen molar-refractivity contribution in [3.8, 4) is 0 Å². The smallest absolute Gasteiger partial charge is 0.305 e. The van der Waals surface area contributed by atoms with Crippen LogP contribution in [0.4, 0.5) is 5.13 Å². The maximum atomic E-state index is 11.8. The molecule has 2 aromatic heterocycles. The van der Waals surface area contributed by atoms with E-state index in [1.54, 1.807) is 6.07 Å². The van der Waals surface area contributed by atoms with Gasteiger partial charge in [0.15, 0.2) is 5.13 Å². The number of nitrogens with zero attached hydrogens (tertiary/aromatic N) is 2. The van der Waals surface area contributed by atoms with Gasteiger partial charge in [0.25, 0.3) is 5.91 Å². The fourth-order valence-electron chi connectivity index (χ4n) is 1.40. The topological polar surface area (TPSA) is 82.5 Å². The molecule has 0 atom stereocenters. The standard InChI is InChI=1S/C11H13N3O3S2/c1-14(2)11-13-10-7(19-11)5-6(18-10)9(17)12-4-3-8(15)16/h5H,3-4H2,1-2H3,(H,12,17)(H,15,16). The highest BCUT2D eigenvalue weighted by Gasteiger charge is 2.14. The molecule has 0 bridgehead atoms. The van der Waals surface area contributed by atoms with Gasteiger partial charge in [-0.05, 0) is 6.07 Å². The zero-order valence-corrected chi connectivity index (χ0v) is 12.1. The Morgan fingerprint density at radius 2 is 2.16 bits per heavy atom. The van der Waals surface area contributed by atoms with Crippen LogP contribution in [0.25, 0.3) is 9.53 Å². The quantitative estimate of drug-likeness (QED) is 0.877. The number of rotatable bonds is 5. The number of carbonyl (C=O) groups excluding carboxylic acids is 1. The number of hydrogen-bond acceptors (Lipinski definition) is 6. The molecule has 8 heteroatoms. The van der Waals surface area contributed by atoms with E-state index in [-0.39, 0.29) is 18.9 Å². The van der Waals surface area contributed by atoms with E-state index in [9.17, 15) is 9.59 Å². The molecule has 1 amide bonds. The van der Waals surface area contributed by atoms with Gasteiger partial charge in [0.1, 0.15) is 4.83 Å². The second-order valence-electron chi connectivity index (χ2n) is 4.07. The third-order valence-electron chi connectivity index (χ3n) is 2.31. The van der Waals surface area contributed by atoms with Crippen molar-refractivity contribution in [3.05, 3.63) is 10.9 Å². The van der Waals surface area contributed by atoms with Gasteiger partial charge >= 0.3 is 5.97 Å². The zero-order valence-electron chi connectivity index (χ0n) is 10.5. The molecule has 2 N–H and O–H groups in total. The van der Waals surface area contributed by atoms with Gasteiger partial charge in [0.05, 0.1) is 16.0 Å². The van der Waals surface area contributed by atoms with Gasteiger partial charge in [-0.3, -0.25) is 9.59 Å². The van der Waals surface area contributed by atoms with Gasteiger partial charge in [-0.15, -0.1) is 11.3 Å². The van der Waals surface area contributed by atoms with Crippen LogP contribution < -0.4 is 10.2 Å². The lowest BCUT2D eigenvalue weighted by molar-refractivity contribution is -0.136. The minimum atomic E-state index is -0.926. The molecule has 0 saturated heterocycles. The van der Waals surface area contributed by atoms with Gasteiger partial charge < -0.3 is 15.3 Å². The maximum absolute atomic E-state index is 11.8. The van der Waals surface area contributed by atoms with Crippen LogP contribution in [0.2, 0.25) is 0 Å². The van der Waals surface area contributed by atoms with E-state index in [0.717, 1.165) is 14.7 Å². The van der Waals surface area contributed by atoms with Gasteiger partial charge in [-0.1, -0.05) is 11.3 Å². The lowest BCUT2D eigenvalue weighted by atomic mass is 10.4. The molecule has 2 rings (SSSR count). The summed E-state index contributed by atoms with van der Waals surface area (Å²) in [5.74, 6) is -1.17. The van der Waals surface area contributed by atoms with Crippen LogP contribution in [0.3, 0.4) is 0 Å². The van der Waals surface area contributed by atoms with Crippen molar-refractivity contribution in [2.45, 2.75) is 6.42 Å². The molecule has 0 aliphatic rings. The van der Waals surface area contributed by atoms with Gasteiger partial charge in [-0.2, -0.15) is 0 Å². The predicted molar refractivity (Wildman–Crippen MR) is 76.4 cm³/mol. The summed E-state index contributed by atoms with van der Waals surface area (Å²) in [7, 11) is 3.84. The molecule has 102 valence electrons. The number of amides is 1. The average Bonchev–Trinajstić information content (AvgIpc) is 2.85. The molecule has 19 heavy (non-hydrogen) atoms. The number of thiophene rings is 1. The van der Waals surface area contributed by atoms with Crippen LogP contribution in [0.1, 0.15) is 16.1 Å². The summed E-state index contributed by atoms with van der Waals surface area (Å²) in [6.45, 7) is 0.135. The van der Waals surface area contributed by atoms with Gasteiger partial charge in [0, 0.05) is 20.6 Å². The van der Waals surface area contributed by atoms with Crippen LogP contribution >= 0.6 is 22.7 Å². The third-order valence-corrected chi connectivity index (χ3v) is 4.64. The van der Waals surface area contributed by atoms with Crippen LogP contribution in [0.15, 0.2) is 6.07 Å². The first-order chi connectivity index (χ1) is 8.97. The van der Waals surface area contributed by atoms with Crippen molar-refractivity contribution in [2.75, 3.05) is 25.5 Å². The Kier molecular flexibility index (Phi) is 4.01. The van der Waals surface area contributed by atoms with Crippen molar-refractivity contribution in [3.63, 3.8) is 0 Å². The van der Waals surface area contributed by atoms with E-state index in [4.69, 9.17) is 5.11 Å². The van der Waals surface area contributed by atoms with Crippen LogP contribution in [-0.4, -0.2) is 42.6 Å². The SMILES string of the molecule is CN(C)c1nc2sc(C(=O)NCCC(=O)O)cc2s1. The molecule has 0 aromatic carbocycles. The number of aliphatic carboxylic acids is 1. The largest absolute Gasteiger partial charge is 0.481 e. The predicted octanol–water partition coefficient (Wildman–Crippen LogP) is 1.63. The Labute approximate surface area is 117 Å². The first kappa shape index (κ1) is 13.8. The molecular formula is C11H13N3O3S2. The number of hydrogen-bond donors (Lipinski definition) is 2. The number of carbonyl (C=O) groups is 2. The highest BCUT2D eigenvalue weighted by molar-refractivity contribution is 7.29. The minimum absolute atomic E-state index is 0.0749. The zero-order chi connectivity index (χ0) is 14.0. The molecule has 2 heterocycles. The summed E-state index contributed by atoms with van der Waals surface area (Å²) in [6, 6.07) is 1.79. The van der Waals surface area contributed by atoms with Gasteiger partial charge in [-0.25, -0.2) is 4.98 Å². The number of aromatic nitrogens is 1. The summed E-state index contributed by atoms with van der Waals surface area (Å²) >= 11 is 2.84. The normalized spacial score (nSPS) is 10.6. The summed E-state index contributed by atoms with van der Waals surface area (Å²) in [4.78, 5) is 29.9. The number of carboxylic acids is 1. The van der Waals surface area contributed by atoms with Crippen LogP contribution in [0.5, 0.6) is 0 Å². The van der Waals surface area contributed by atoms with Gasteiger partial charge in [0.2, 0.25) is 0 Å². The van der Waals surface area contributed by atoms with Crippen LogP contribution in [0, 0.1) is 0 Å². The molecule has 0 aliphatic carbocycles. The van der Waals surface area contributed by atoms with Crippen molar-refractivity contribution < 1.29 is 14.7 Å². The molecular weight excluding hydrogens is 286 g/mol. The molecule has 2 aromatic rings. The van der Waals surface area contributed by atoms with E-state index in [2.05, 4.69) is 10.3 Å².